The highest BCUT2D eigenvalue weighted by Crippen LogP contribution is 2.19. The minimum atomic E-state index is 0.661. The molecule has 0 saturated heterocycles. The highest BCUT2D eigenvalue weighted by Gasteiger charge is 1.97. The Bertz CT molecular complexity index is 307. The van der Waals surface area contributed by atoms with Crippen LogP contribution in [0.5, 0.6) is 5.75 Å². The standard InChI is InChI=1S/C13H17ClO/c1-2-11-15-13-9-4-3-7-12(13)8-5-6-10-14/h3-5,7-9H,2,6,10-11H2,1H3/b8-5+. The van der Waals surface area contributed by atoms with E-state index in [-0.39, 0.29) is 0 Å². The molecule has 0 aliphatic heterocycles. The summed E-state index contributed by atoms with van der Waals surface area (Å²) < 4.78 is 5.63. The van der Waals surface area contributed by atoms with Crippen LogP contribution >= 0.6 is 11.6 Å². The lowest BCUT2D eigenvalue weighted by molar-refractivity contribution is 0.317. The van der Waals surface area contributed by atoms with E-state index < -0.39 is 0 Å². The second kappa shape index (κ2) is 7.36. The molecule has 0 spiro atoms. The van der Waals surface area contributed by atoms with E-state index in [2.05, 4.69) is 25.1 Å². The van der Waals surface area contributed by atoms with Crippen LogP contribution < -0.4 is 4.74 Å². The molecule has 82 valence electrons. The average molecular weight is 225 g/mol. The van der Waals surface area contributed by atoms with Gasteiger partial charge >= 0.3 is 0 Å². The Morgan fingerprint density at radius 2 is 2.13 bits per heavy atom. The lowest BCUT2D eigenvalue weighted by Crippen LogP contribution is -1.96. The maximum absolute atomic E-state index is 5.63. The highest BCUT2D eigenvalue weighted by atomic mass is 35.5. The summed E-state index contributed by atoms with van der Waals surface area (Å²) in [6.45, 7) is 2.87. The highest BCUT2D eigenvalue weighted by molar-refractivity contribution is 6.17. The molecular weight excluding hydrogens is 208 g/mol. The number of rotatable bonds is 6. The van der Waals surface area contributed by atoms with Crippen molar-refractivity contribution in [1.82, 2.24) is 0 Å². The Balaban J connectivity index is 2.67. The quantitative estimate of drug-likeness (QED) is 0.661. The van der Waals surface area contributed by atoms with Crippen molar-refractivity contribution in [2.75, 3.05) is 12.5 Å². The first-order valence-corrected chi connectivity index (χ1v) is 5.86. The number of hydrogen-bond acceptors (Lipinski definition) is 1. The second-order valence-corrected chi connectivity index (χ2v) is 3.64. The van der Waals surface area contributed by atoms with Gasteiger partial charge < -0.3 is 4.74 Å². The van der Waals surface area contributed by atoms with Gasteiger partial charge in [0.25, 0.3) is 0 Å². The molecule has 15 heavy (non-hydrogen) atoms. The zero-order valence-electron chi connectivity index (χ0n) is 9.08. The van der Waals surface area contributed by atoms with Gasteiger partial charge in [-0.25, -0.2) is 0 Å². The van der Waals surface area contributed by atoms with Crippen molar-refractivity contribution in [2.24, 2.45) is 0 Å². The summed E-state index contributed by atoms with van der Waals surface area (Å²) in [7, 11) is 0. The van der Waals surface area contributed by atoms with E-state index in [9.17, 15) is 0 Å². The fraction of sp³-hybridized carbons (Fsp3) is 0.385. The molecule has 0 aliphatic rings. The Kier molecular flexibility index (Phi) is 5.94. The molecule has 0 atom stereocenters. The number of halogens is 1. The van der Waals surface area contributed by atoms with E-state index in [1.165, 1.54) is 0 Å². The predicted molar refractivity (Wildman–Crippen MR) is 66.6 cm³/mol. The molecule has 1 nitrogen and oxygen atoms in total. The number of benzene rings is 1. The normalized spacial score (nSPS) is 10.8. The summed E-state index contributed by atoms with van der Waals surface area (Å²) in [4.78, 5) is 0. The molecule has 0 radical (unpaired) electrons. The van der Waals surface area contributed by atoms with Gasteiger partial charge in [0.05, 0.1) is 6.61 Å². The SMILES string of the molecule is CCCOc1ccccc1/C=C/CCCl. The molecule has 0 saturated carbocycles. The number of allylic oxidation sites excluding steroid dienone is 1. The summed E-state index contributed by atoms with van der Waals surface area (Å²) >= 11 is 5.61. The fourth-order valence-electron chi connectivity index (χ4n) is 1.23. The van der Waals surface area contributed by atoms with Crippen molar-refractivity contribution in [3.63, 3.8) is 0 Å². The lowest BCUT2D eigenvalue weighted by Gasteiger charge is -2.07. The average Bonchev–Trinajstić information content (AvgIpc) is 2.28. The van der Waals surface area contributed by atoms with Crippen LogP contribution in [0.3, 0.4) is 0 Å². The second-order valence-electron chi connectivity index (χ2n) is 3.27. The van der Waals surface area contributed by atoms with E-state index in [0.717, 1.165) is 30.8 Å². The van der Waals surface area contributed by atoms with Crippen molar-refractivity contribution >= 4 is 17.7 Å². The maximum Gasteiger partial charge on any atom is 0.126 e. The molecule has 2 heteroatoms. The summed E-state index contributed by atoms with van der Waals surface area (Å²) in [5.41, 5.74) is 1.12. The van der Waals surface area contributed by atoms with Crippen molar-refractivity contribution in [3.8, 4) is 5.75 Å². The van der Waals surface area contributed by atoms with Crippen LogP contribution in [0.2, 0.25) is 0 Å². The lowest BCUT2D eigenvalue weighted by atomic mass is 10.2. The Labute approximate surface area is 96.7 Å². The minimum absolute atomic E-state index is 0.661. The van der Waals surface area contributed by atoms with E-state index in [0.29, 0.717) is 5.88 Å². The van der Waals surface area contributed by atoms with E-state index in [1.807, 2.05) is 18.2 Å². The third-order valence-electron chi connectivity index (χ3n) is 1.95. The van der Waals surface area contributed by atoms with Crippen LogP contribution in [0.1, 0.15) is 25.3 Å². The van der Waals surface area contributed by atoms with Gasteiger partial charge in [-0.3, -0.25) is 0 Å². The zero-order valence-corrected chi connectivity index (χ0v) is 9.83. The number of alkyl halides is 1. The summed E-state index contributed by atoms with van der Waals surface area (Å²) in [5.74, 6) is 1.61. The van der Waals surface area contributed by atoms with Crippen molar-refractivity contribution in [2.45, 2.75) is 19.8 Å². The first kappa shape index (κ1) is 12.1. The number of ether oxygens (including phenoxy) is 1. The summed E-state index contributed by atoms with van der Waals surface area (Å²) in [5, 5.41) is 0. The van der Waals surface area contributed by atoms with E-state index in [1.54, 1.807) is 0 Å². The van der Waals surface area contributed by atoms with Crippen LogP contribution in [-0.4, -0.2) is 12.5 Å². The van der Waals surface area contributed by atoms with Gasteiger partial charge in [-0.05, 0) is 18.9 Å². The van der Waals surface area contributed by atoms with Gasteiger partial charge in [0.15, 0.2) is 0 Å². The first-order chi connectivity index (χ1) is 7.38. The maximum atomic E-state index is 5.63. The first-order valence-electron chi connectivity index (χ1n) is 5.32. The molecule has 0 aliphatic carbocycles. The molecular formula is C13H17ClO. The fourth-order valence-corrected chi connectivity index (χ4v) is 1.36. The summed E-state index contributed by atoms with van der Waals surface area (Å²) in [6.07, 6.45) is 6.05. The topological polar surface area (TPSA) is 9.23 Å². The zero-order chi connectivity index (χ0) is 10.9. The van der Waals surface area contributed by atoms with E-state index >= 15 is 0 Å². The molecule has 0 aromatic heterocycles. The molecule has 0 fully saturated rings. The van der Waals surface area contributed by atoms with Crippen LogP contribution in [0.15, 0.2) is 30.3 Å². The molecule has 1 aromatic carbocycles. The van der Waals surface area contributed by atoms with Gasteiger partial charge in [-0.1, -0.05) is 37.3 Å². The van der Waals surface area contributed by atoms with Crippen LogP contribution in [0, 0.1) is 0 Å². The van der Waals surface area contributed by atoms with E-state index in [4.69, 9.17) is 16.3 Å². The molecule has 1 aromatic rings. The van der Waals surface area contributed by atoms with Gasteiger partial charge in [0.1, 0.15) is 5.75 Å². The minimum Gasteiger partial charge on any atom is -0.493 e. The summed E-state index contributed by atoms with van der Waals surface area (Å²) in [6, 6.07) is 8.05. The third-order valence-corrected chi connectivity index (χ3v) is 2.17. The number of para-hydroxylation sites is 1. The van der Waals surface area contributed by atoms with Crippen LogP contribution in [0.4, 0.5) is 0 Å². The van der Waals surface area contributed by atoms with Crippen molar-refractivity contribution in [3.05, 3.63) is 35.9 Å². The van der Waals surface area contributed by atoms with Crippen LogP contribution in [-0.2, 0) is 0 Å². The van der Waals surface area contributed by atoms with Gasteiger partial charge in [-0.2, -0.15) is 0 Å². The molecule has 0 amide bonds. The third kappa shape index (κ3) is 4.39. The largest absolute Gasteiger partial charge is 0.493 e. The Morgan fingerprint density at radius 3 is 2.87 bits per heavy atom. The molecule has 0 unspecified atom stereocenters. The van der Waals surface area contributed by atoms with Gasteiger partial charge in [0.2, 0.25) is 0 Å². The number of hydrogen-bond donors (Lipinski definition) is 0. The Morgan fingerprint density at radius 1 is 1.33 bits per heavy atom. The molecule has 0 bridgehead atoms. The Hall–Kier alpha value is -0.950. The van der Waals surface area contributed by atoms with Crippen molar-refractivity contribution in [1.29, 1.82) is 0 Å². The monoisotopic (exact) mass is 224 g/mol. The molecule has 0 N–H and O–H groups in total. The van der Waals surface area contributed by atoms with Crippen LogP contribution in [0.25, 0.3) is 6.08 Å². The van der Waals surface area contributed by atoms with Gasteiger partial charge in [-0.15, -0.1) is 11.6 Å². The predicted octanol–water partition coefficient (Wildman–Crippen LogP) is 4.12. The van der Waals surface area contributed by atoms with Gasteiger partial charge in [0, 0.05) is 11.4 Å². The molecule has 0 heterocycles. The molecule has 1 rings (SSSR count). The van der Waals surface area contributed by atoms with Crippen molar-refractivity contribution < 1.29 is 4.74 Å². The smallest absolute Gasteiger partial charge is 0.126 e.